The Hall–Kier alpha value is -4.00. The second kappa shape index (κ2) is 7.11. The topological polar surface area (TPSA) is 82.6 Å². The number of pyridine rings is 1. The van der Waals surface area contributed by atoms with Gasteiger partial charge >= 0.3 is 0 Å². The van der Waals surface area contributed by atoms with Crippen molar-refractivity contribution in [1.82, 2.24) is 9.88 Å². The normalized spacial score (nSPS) is 16.7. The van der Waals surface area contributed by atoms with Gasteiger partial charge in [0.2, 0.25) is 5.91 Å². The Balaban J connectivity index is 1.46. The van der Waals surface area contributed by atoms with Crippen molar-refractivity contribution < 1.29 is 14.4 Å². The maximum Gasteiger partial charge on any atom is 0.260 e. The maximum absolute atomic E-state index is 13.3. The summed E-state index contributed by atoms with van der Waals surface area (Å²) in [7, 11) is 0. The second-order valence-electron chi connectivity index (χ2n) is 7.16. The lowest BCUT2D eigenvalue weighted by molar-refractivity contribution is -0.116. The van der Waals surface area contributed by atoms with Gasteiger partial charge < -0.3 is 10.2 Å². The lowest BCUT2D eigenvalue weighted by Crippen LogP contribution is -2.49. The van der Waals surface area contributed by atoms with E-state index in [1.165, 1.54) is 0 Å². The number of benzene rings is 2. The Bertz CT molecular complexity index is 1160. The molecule has 0 unspecified atom stereocenters. The van der Waals surface area contributed by atoms with Crippen molar-refractivity contribution in [2.45, 2.75) is 12.6 Å². The molecular weight excluding hydrogens is 380 g/mol. The molecule has 7 nitrogen and oxygen atoms in total. The van der Waals surface area contributed by atoms with Crippen LogP contribution in [0.15, 0.2) is 72.9 Å². The molecule has 0 spiro atoms. The second-order valence-corrected chi connectivity index (χ2v) is 7.16. The highest BCUT2D eigenvalue weighted by atomic mass is 16.2. The molecule has 0 saturated carbocycles. The number of para-hydroxylation sites is 1. The van der Waals surface area contributed by atoms with Crippen LogP contribution in [-0.2, 0) is 4.79 Å². The predicted molar refractivity (Wildman–Crippen MR) is 111 cm³/mol. The molecule has 1 atom stereocenters. The van der Waals surface area contributed by atoms with Crippen molar-refractivity contribution in [2.75, 3.05) is 16.8 Å². The third kappa shape index (κ3) is 2.83. The highest BCUT2D eigenvalue weighted by Crippen LogP contribution is 2.45. The van der Waals surface area contributed by atoms with Crippen LogP contribution in [0.25, 0.3) is 0 Å². The van der Waals surface area contributed by atoms with Gasteiger partial charge in [-0.15, -0.1) is 0 Å². The Morgan fingerprint density at radius 3 is 2.43 bits per heavy atom. The summed E-state index contributed by atoms with van der Waals surface area (Å²) in [6, 6.07) is 19.6. The van der Waals surface area contributed by atoms with Crippen LogP contribution < -0.4 is 10.2 Å². The van der Waals surface area contributed by atoms with Gasteiger partial charge in [0, 0.05) is 30.3 Å². The molecule has 2 aliphatic heterocycles. The van der Waals surface area contributed by atoms with E-state index in [2.05, 4.69) is 10.3 Å². The number of nitrogens with zero attached hydrogens (tertiary/aromatic N) is 3. The van der Waals surface area contributed by atoms with Crippen LogP contribution in [0.4, 0.5) is 11.5 Å². The Kier molecular flexibility index (Phi) is 4.28. The molecule has 148 valence electrons. The van der Waals surface area contributed by atoms with E-state index in [4.69, 9.17) is 0 Å². The van der Waals surface area contributed by atoms with E-state index in [0.717, 1.165) is 5.56 Å². The lowest BCUT2D eigenvalue weighted by atomic mass is 10.0. The van der Waals surface area contributed by atoms with E-state index in [1.807, 2.05) is 24.3 Å². The van der Waals surface area contributed by atoms with Crippen LogP contribution in [0.5, 0.6) is 0 Å². The molecule has 1 aromatic heterocycles. The minimum atomic E-state index is -0.557. The van der Waals surface area contributed by atoms with Crippen molar-refractivity contribution in [3.63, 3.8) is 0 Å². The largest absolute Gasteiger partial charge is 0.313 e. The number of hydrogen-bond donors (Lipinski definition) is 1. The molecule has 0 radical (unpaired) electrons. The smallest absolute Gasteiger partial charge is 0.260 e. The van der Waals surface area contributed by atoms with Gasteiger partial charge in [0.15, 0.2) is 0 Å². The summed E-state index contributed by atoms with van der Waals surface area (Å²) in [5.74, 6) is -0.120. The quantitative estimate of drug-likeness (QED) is 0.732. The molecule has 2 aliphatic rings. The number of nitrogens with one attached hydrogen (secondary N) is 1. The van der Waals surface area contributed by atoms with E-state index in [9.17, 15) is 14.4 Å². The number of carbonyl (C=O) groups is 3. The summed E-state index contributed by atoms with van der Waals surface area (Å²) >= 11 is 0. The molecule has 1 N–H and O–H groups in total. The van der Waals surface area contributed by atoms with E-state index in [-0.39, 0.29) is 30.7 Å². The van der Waals surface area contributed by atoms with Gasteiger partial charge in [0.05, 0.1) is 11.3 Å². The first kappa shape index (κ1) is 18.1. The van der Waals surface area contributed by atoms with Crippen LogP contribution in [-0.4, -0.2) is 34.2 Å². The number of anilines is 2. The molecule has 5 rings (SSSR count). The fraction of sp³-hybridized carbons (Fsp3) is 0.130. The van der Waals surface area contributed by atoms with Crippen LogP contribution in [0.2, 0.25) is 0 Å². The highest BCUT2D eigenvalue weighted by molar-refractivity contribution is 6.16. The summed E-state index contributed by atoms with van der Waals surface area (Å²) in [6.07, 6.45) is 1.13. The summed E-state index contributed by atoms with van der Waals surface area (Å²) < 4.78 is 0. The molecule has 0 saturated heterocycles. The van der Waals surface area contributed by atoms with E-state index < -0.39 is 6.17 Å². The van der Waals surface area contributed by atoms with Crippen LogP contribution in [0, 0.1) is 0 Å². The van der Waals surface area contributed by atoms with Crippen LogP contribution >= 0.6 is 0 Å². The Morgan fingerprint density at radius 1 is 0.900 bits per heavy atom. The highest BCUT2D eigenvalue weighted by Gasteiger charge is 2.47. The SMILES string of the molecule is O=C(CCN1C(=O)c2ccccc2N2C(=O)c3ccccc3[C@@H]12)Nc1ccccn1. The van der Waals surface area contributed by atoms with E-state index in [0.29, 0.717) is 22.6 Å². The minimum absolute atomic E-state index is 0.0885. The molecular formula is C23H18N4O3. The number of carbonyl (C=O) groups excluding carboxylic acids is 3. The molecule has 0 bridgehead atoms. The standard InChI is InChI=1S/C23H18N4O3/c28-20(25-19-11-5-6-13-24-19)12-14-26-21-15-7-1-2-8-16(15)23(30)27(21)18-10-4-3-9-17(18)22(26)29/h1-11,13,21H,12,14H2,(H,24,25,28)/t21-/m0/s1. The third-order valence-electron chi connectivity index (χ3n) is 5.39. The Morgan fingerprint density at radius 2 is 1.63 bits per heavy atom. The zero-order valence-electron chi connectivity index (χ0n) is 16.0. The average molecular weight is 398 g/mol. The maximum atomic E-state index is 13.3. The van der Waals surface area contributed by atoms with Gasteiger partial charge in [-0.05, 0) is 30.3 Å². The molecule has 0 aliphatic carbocycles. The minimum Gasteiger partial charge on any atom is -0.313 e. The van der Waals surface area contributed by atoms with Crippen molar-refractivity contribution in [3.05, 3.63) is 89.6 Å². The third-order valence-corrected chi connectivity index (χ3v) is 5.39. The average Bonchev–Trinajstić information content (AvgIpc) is 3.07. The molecule has 0 fully saturated rings. The van der Waals surface area contributed by atoms with Crippen molar-refractivity contribution in [2.24, 2.45) is 0 Å². The van der Waals surface area contributed by atoms with Gasteiger partial charge in [-0.3, -0.25) is 19.3 Å². The van der Waals surface area contributed by atoms with E-state index in [1.54, 1.807) is 58.5 Å². The molecule has 2 aromatic carbocycles. The monoisotopic (exact) mass is 398 g/mol. The van der Waals surface area contributed by atoms with Gasteiger partial charge in [0.25, 0.3) is 11.8 Å². The number of amides is 3. The molecule has 3 heterocycles. The van der Waals surface area contributed by atoms with Gasteiger partial charge in [-0.25, -0.2) is 4.98 Å². The van der Waals surface area contributed by atoms with Crippen molar-refractivity contribution >= 4 is 29.2 Å². The summed E-state index contributed by atoms with van der Waals surface area (Å²) in [5, 5.41) is 2.73. The number of aromatic nitrogens is 1. The fourth-order valence-electron chi connectivity index (χ4n) is 4.06. The zero-order valence-corrected chi connectivity index (χ0v) is 16.0. The van der Waals surface area contributed by atoms with Crippen molar-refractivity contribution in [1.29, 1.82) is 0 Å². The first-order valence-corrected chi connectivity index (χ1v) is 9.68. The lowest BCUT2D eigenvalue weighted by Gasteiger charge is -2.40. The number of hydrogen-bond acceptors (Lipinski definition) is 4. The van der Waals surface area contributed by atoms with Gasteiger partial charge in [-0.1, -0.05) is 36.4 Å². The summed E-state index contributed by atoms with van der Waals surface area (Å²) in [6.45, 7) is 0.175. The van der Waals surface area contributed by atoms with Crippen LogP contribution in [0.1, 0.15) is 38.9 Å². The summed E-state index contributed by atoms with van der Waals surface area (Å²) in [4.78, 5) is 46.2. The molecule has 7 heteroatoms. The first-order valence-electron chi connectivity index (χ1n) is 9.68. The molecule has 3 aromatic rings. The Labute approximate surface area is 172 Å². The van der Waals surface area contributed by atoms with Gasteiger partial charge in [0.1, 0.15) is 12.0 Å². The van der Waals surface area contributed by atoms with E-state index >= 15 is 0 Å². The summed E-state index contributed by atoms with van der Waals surface area (Å²) in [5.41, 5.74) is 2.41. The van der Waals surface area contributed by atoms with Crippen LogP contribution in [0.3, 0.4) is 0 Å². The molecule has 3 amide bonds. The zero-order chi connectivity index (χ0) is 20.7. The number of fused-ring (bicyclic) bond motifs is 5. The predicted octanol–water partition coefficient (Wildman–Crippen LogP) is 3.23. The first-order chi connectivity index (χ1) is 14.6. The fourth-order valence-corrected chi connectivity index (χ4v) is 4.06. The number of rotatable bonds is 4. The molecule has 30 heavy (non-hydrogen) atoms. The van der Waals surface area contributed by atoms with Gasteiger partial charge in [-0.2, -0.15) is 0 Å². The van der Waals surface area contributed by atoms with Crippen molar-refractivity contribution in [3.8, 4) is 0 Å².